The molecule has 2 heterocycles. The van der Waals surface area contributed by atoms with Gasteiger partial charge in [-0.3, -0.25) is 0 Å². The van der Waals surface area contributed by atoms with Gasteiger partial charge in [0.2, 0.25) is 0 Å². The van der Waals surface area contributed by atoms with Crippen LogP contribution in [0.2, 0.25) is 0 Å². The molecule has 5 heteroatoms. The number of aryl methyl sites for hydroxylation is 1. The quantitative estimate of drug-likeness (QED) is 0.862. The van der Waals surface area contributed by atoms with Gasteiger partial charge in [0, 0.05) is 13.0 Å². The van der Waals surface area contributed by atoms with Gasteiger partial charge in [-0.05, 0) is 19.2 Å². The van der Waals surface area contributed by atoms with Crippen molar-refractivity contribution in [3.8, 4) is 10.8 Å². The molecule has 0 amide bonds. The average molecular weight is 223 g/mol. The van der Waals surface area contributed by atoms with E-state index in [0.29, 0.717) is 0 Å². The molecular weight excluding hydrogens is 210 g/mol. The van der Waals surface area contributed by atoms with Crippen molar-refractivity contribution in [1.29, 1.82) is 0 Å². The van der Waals surface area contributed by atoms with E-state index in [0.717, 1.165) is 34.5 Å². The molecule has 0 saturated heterocycles. The molecule has 0 bridgehead atoms. The normalized spacial score (nSPS) is 10.8. The van der Waals surface area contributed by atoms with Crippen molar-refractivity contribution in [3.05, 3.63) is 22.9 Å². The highest BCUT2D eigenvalue weighted by atomic mass is 32.1. The minimum atomic E-state index is 0.749. The summed E-state index contributed by atoms with van der Waals surface area (Å²) in [7, 11) is 1.89. The lowest BCUT2D eigenvalue weighted by molar-refractivity contribution is 0.528. The van der Waals surface area contributed by atoms with Crippen LogP contribution >= 0.6 is 11.3 Å². The second-order valence-electron chi connectivity index (χ2n) is 3.15. The molecule has 0 aliphatic heterocycles. The molecular formula is C10H13N3OS. The predicted molar refractivity (Wildman–Crippen MR) is 59.8 cm³/mol. The number of nitrogens with one attached hydrogen (secondary N) is 1. The lowest BCUT2D eigenvalue weighted by atomic mass is 10.4. The number of hydrogen-bond donors (Lipinski definition) is 1. The molecule has 0 spiro atoms. The van der Waals surface area contributed by atoms with Crippen molar-refractivity contribution < 1.29 is 4.42 Å². The molecule has 0 aromatic carbocycles. The first-order valence-electron chi connectivity index (χ1n) is 4.89. The number of rotatable bonds is 4. The van der Waals surface area contributed by atoms with E-state index in [1.54, 1.807) is 11.3 Å². The fraction of sp³-hybridized carbons (Fsp3) is 0.400. The molecule has 4 nitrogen and oxygen atoms in total. The van der Waals surface area contributed by atoms with Crippen LogP contribution in [-0.4, -0.2) is 17.2 Å². The fourth-order valence-corrected chi connectivity index (χ4v) is 2.07. The second kappa shape index (κ2) is 4.55. The van der Waals surface area contributed by atoms with Gasteiger partial charge in [0.05, 0.1) is 0 Å². The van der Waals surface area contributed by atoms with Gasteiger partial charge in [0.15, 0.2) is 10.8 Å². The summed E-state index contributed by atoms with van der Waals surface area (Å²) in [4.78, 5) is 0. The van der Waals surface area contributed by atoms with Crippen molar-refractivity contribution in [1.82, 2.24) is 15.5 Å². The number of furan rings is 1. The van der Waals surface area contributed by atoms with Crippen molar-refractivity contribution in [2.45, 2.75) is 19.9 Å². The van der Waals surface area contributed by atoms with Crippen molar-refractivity contribution in [2.75, 3.05) is 7.05 Å². The zero-order valence-corrected chi connectivity index (χ0v) is 9.60. The van der Waals surface area contributed by atoms with Crippen LogP contribution in [0.3, 0.4) is 0 Å². The van der Waals surface area contributed by atoms with Gasteiger partial charge >= 0.3 is 0 Å². The first-order valence-corrected chi connectivity index (χ1v) is 5.71. The zero-order chi connectivity index (χ0) is 10.7. The fourth-order valence-electron chi connectivity index (χ4n) is 1.26. The van der Waals surface area contributed by atoms with E-state index in [1.807, 2.05) is 19.2 Å². The first kappa shape index (κ1) is 10.3. The van der Waals surface area contributed by atoms with Crippen molar-refractivity contribution in [2.24, 2.45) is 0 Å². The van der Waals surface area contributed by atoms with Crippen LogP contribution in [0.25, 0.3) is 10.8 Å². The van der Waals surface area contributed by atoms with Crippen LogP contribution in [0, 0.1) is 0 Å². The topological polar surface area (TPSA) is 51.0 Å². The summed E-state index contributed by atoms with van der Waals surface area (Å²) in [5.41, 5.74) is 0. The molecule has 2 aromatic rings. The van der Waals surface area contributed by atoms with E-state index < -0.39 is 0 Å². The molecule has 0 aliphatic rings. The summed E-state index contributed by atoms with van der Waals surface area (Å²) in [6.07, 6.45) is 0.905. The molecule has 1 N–H and O–H groups in total. The molecule has 0 aliphatic carbocycles. The van der Waals surface area contributed by atoms with Gasteiger partial charge in [-0.15, -0.1) is 10.2 Å². The van der Waals surface area contributed by atoms with Gasteiger partial charge < -0.3 is 9.73 Å². The monoisotopic (exact) mass is 223 g/mol. The SMILES string of the molecule is CCc1ccc(-c2nnc(CNC)s2)o1. The highest BCUT2D eigenvalue weighted by Gasteiger charge is 2.09. The van der Waals surface area contributed by atoms with Gasteiger partial charge in [0.1, 0.15) is 10.8 Å². The molecule has 80 valence electrons. The second-order valence-corrected chi connectivity index (χ2v) is 4.21. The molecule has 0 fully saturated rings. The standard InChI is InChI=1S/C10H13N3OS/c1-3-7-4-5-8(14-7)10-13-12-9(15-10)6-11-2/h4-5,11H,3,6H2,1-2H3. The Hall–Kier alpha value is -1.20. The minimum absolute atomic E-state index is 0.749. The van der Waals surface area contributed by atoms with Crippen molar-refractivity contribution >= 4 is 11.3 Å². The average Bonchev–Trinajstić information content (AvgIpc) is 2.85. The number of hydrogen-bond acceptors (Lipinski definition) is 5. The smallest absolute Gasteiger partial charge is 0.183 e. The summed E-state index contributed by atoms with van der Waals surface area (Å²) in [6, 6.07) is 3.93. The van der Waals surface area contributed by atoms with Gasteiger partial charge in [-0.25, -0.2) is 0 Å². The van der Waals surface area contributed by atoms with Crippen LogP contribution in [0.5, 0.6) is 0 Å². The summed E-state index contributed by atoms with van der Waals surface area (Å²) in [5, 5.41) is 13.0. The van der Waals surface area contributed by atoms with E-state index in [2.05, 4.69) is 22.4 Å². The maximum atomic E-state index is 5.60. The minimum Gasteiger partial charge on any atom is -0.459 e. The van der Waals surface area contributed by atoms with Gasteiger partial charge in [0.25, 0.3) is 0 Å². The summed E-state index contributed by atoms with van der Waals surface area (Å²) < 4.78 is 5.60. The Morgan fingerprint density at radius 1 is 1.40 bits per heavy atom. The van der Waals surface area contributed by atoms with Gasteiger partial charge in [-0.2, -0.15) is 0 Å². The van der Waals surface area contributed by atoms with E-state index in [-0.39, 0.29) is 0 Å². The zero-order valence-electron chi connectivity index (χ0n) is 8.78. The summed E-state index contributed by atoms with van der Waals surface area (Å²) in [6.45, 7) is 2.81. The number of nitrogens with zero attached hydrogens (tertiary/aromatic N) is 2. The Labute approximate surface area is 92.3 Å². The molecule has 0 unspecified atom stereocenters. The molecule has 15 heavy (non-hydrogen) atoms. The third-order valence-corrected chi connectivity index (χ3v) is 2.95. The predicted octanol–water partition coefficient (Wildman–Crippen LogP) is 2.08. The van der Waals surface area contributed by atoms with Crippen molar-refractivity contribution in [3.63, 3.8) is 0 Å². The molecule has 2 rings (SSSR count). The highest BCUT2D eigenvalue weighted by Crippen LogP contribution is 2.25. The van der Waals surface area contributed by atoms with Crippen LogP contribution in [-0.2, 0) is 13.0 Å². The Morgan fingerprint density at radius 2 is 2.27 bits per heavy atom. The number of aromatic nitrogens is 2. The first-order chi connectivity index (χ1) is 7.33. The summed E-state index contributed by atoms with van der Waals surface area (Å²) >= 11 is 1.56. The highest BCUT2D eigenvalue weighted by molar-refractivity contribution is 7.14. The Bertz CT molecular complexity index is 435. The van der Waals surface area contributed by atoms with Gasteiger partial charge in [-0.1, -0.05) is 18.3 Å². The third kappa shape index (κ3) is 2.24. The Morgan fingerprint density at radius 3 is 2.93 bits per heavy atom. The summed E-state index contributed by atoms with van der Waals surface area (Å²) in [5.74, 6) is 1.79. The van der Waals surface area contributed by atoms with Crippen LogP contribution in [0.15, 0.2) is 16.5 Å². The third-order valence-electron chi connectivity index (χ3n) is 2.02. The maximum absolute atomic E-state index is 5.60. The van der Waals surface area contributed by atoms with E-state index >= 15 is 0 Å². The Balaban J connectivity index is 2.21. The van der Waals surface area contributed by atoms with E-state index in [9.17, 15) is 0 Å². The molecule has 2 aromatic heterocycles. The van der Waals surface area contributed by atoms with E-state index in [1.165, 1.54) is 0 Å². The lowest BCUT2D eigenvalue weighted by Crippen LogP contribution is -2.04. The van der Waals surface area contributed by atoms with Crippen LogP contribution in [0.1, 0.15) is 17.7 Å². The molecule has 0 atom stereocenters. The largest absolute Gasteiger partial charge is 0.459 e. The van der Waals surface area contributed by atoms with Crippen LogP contribution < -0.4 is 5.32 Å². The molecule has 0 radical (unpaired) electrons. The Kier molecular flexibility index (Phi) is 3.13. The van der Waals surface area contributed by atoms with E-state index in [4.69, 9.17) is 4.42 Å². The molecule has 0 saturated carbocycles. The van der Waals surface area contributed by atoms with Crippen LogP contribution in [0.4, 0.5) is 0 Å². The lowest BCUT2D eigenvalue weighted by Gasteiger charge is -1.89. The maximum Gasteiger partial charge on any atom is 0.183 e.